The average molecular weight is 416 g/mol. The summed E-state index contributed by atoms with van der Waals surface area (Å²) < 4.78 is 0. The van der Waals surface area contributed by atoms with Gasteiger partial charge in [-0.25, -0.2) is 0 Å². The van der Waals surface area contributed by atoms with Crippen molar-refractivity contribution in [2.24, 2.45) is 0 Å². The van der Waals surface area contributed by atoms with E-state index in [9.17, 15) is 0 Å². The zero-order chi connectivity index (χ0) is 15.4. The maximum Gasteiger partial charge on any atom is 0.0283 e. The molecular formula is C20H16Br2. The topological polar surface area (TPSA) is 0 Å². The number of hydrogen-bond acceptors (Lipinski definition) is 0. The summed E-state index contributed by atoms with van der Waals surface area (Å²) in [7, 11) is 0. The van der Waals surface area contributed by atoms with Gasteiger partial charge in [0.25, 0.3) is 0 Å². The first-order valence-corrected chi connectivity index (χ1v) is 9.45. The number of halogens is 2. The Morgan fingerprint density at radius 2 is 1.18 bits per heavy atom. The Hall–Kier alpha value is -1.38. The molecule has 0 aliphatic rings. The van der Waals surface area contributed by atoms with Gasteiger partial charge >= 0.3 is 0 Å². The molecule has 0 spiro atoms. The highest BCUT2D eigenvalue weighted by molar-refractivity contribution is 9.08. The summed E-state index contributed by atoms with van der Waals surface area (Å²) in [6, 6.07) is 26.0. The van der Waals surface area contributed by atoms with Crippen molar-refractivity contribution < 1.29 is 0 Å². The van der Waals surface area contributed by atoms with E-state index in [2.05, 4.69) is 105 Å². The maximum atomic E-state index is 3.54. The molecule has 3 aromatic carbocycles. The fourth-order valence-corrected chi connectivity index (χ4v) is 3.30. The second-order valence-electron chi connectivity index (χ2n) is 5.21. The lowest BCUT2D eigenvalue weighted by atomic mass is 9.93. The van der Waals surface area contributed by atoms with E-state index in [0.29, 0.717) is 0 Å². The van der Waals surface area contributed by atoms with Gasteiger partial charge in [-0.2, -0.15) is 0 Å². The highest BCUT2D eigenvalue weighted by atomic mass is 79.9. The molecule has 0 fully saturated rings. The van der Waals surface area contributed by atoms with Crippen LogP contribution in [0.15, 0.2) is 72.8 Å². The van der Waals surface area contributed by atoms with Crippen molar-refractivity contribution in [3.05, 3.63) is 83.9 Å². The largest absolute Gasteiger partial charge is 0.0876 e. The summed E-state index contributed by atoms with van der Waals surface area (Å²) in [6.45, 7) is 0. The van der Waals surface area contributed by atoms with Crippen molar-refractivity contribution in [1.82, 2.24) is 0 Å². The molecule has 0 heterocycles. The quantitative estimate of drug-likeness (QED) is 0.410. The molecule has 3 rings (SSSR count). The molecule has 2 heteroatoms. The van der Waals surface area contributed by atoms with Crippen molar-refractivity contribution in [3.8, 4) is 22.3 Å². The fraction of sp³-hybridized carbons (Fsp3) is 0.100. The summed E-state index contributed by atoms with van der Waals surface area (Å²) in [5.41, 5.74) is 7.65. The first kappa shape index (κ1) is 15.5. The van der Waals surface area contributed by atoms with Crippen molar-refractivity contribution in [2.45, 2.75) is 10.7 Å². The summed E-state index contributed by atoms with van der Waals surface area (Å²) in [6.07, 6.45) is 0. The van der Waals surface area contributed by atoms with Crippen molar-refractivity contribution in [1.29, 1.82) is 0 Å². The Labute approximate surface area is 148 Å². The second-order valence-corrected chi connectivity index (χ2v) is 6.33. The molecular weight excluding hydrogens is 400 g/mol. The molecule has 110 valence electrons. The van der Waals surface area contributed by atoms with Crippen LogP contribution in [0, 0.1) is 0 Å². The van der Waals surface area contributed by atoms with Gasteiger partial charge in [-0.05, 0) is 33.4 Å². The summed E-state index contributed by atoms with van der Waals surface area (Å²) >= 11 is 7.04. The molecule has 22 heavy (non-hydrogen) atoms. The van der Waals surface area contributed by atoms with Crippen LogP contribution >= 0.6 is 31.9 Å². The molecule has 0 aromatic heterocycles. The Kier molecular flexibility index (Phi) is 5.12. The van der Waals surface area contributed by atoms with Crippen LogP contribution < -0.4 is 0 Å². The summed E-state index contributed by atoms with van der Waals surface area (Å²) in [5, 5.41) is 1.77. The molecule has 0 saturated heterocycles. The third-order valence-electron chi connectivity index (χ3n) is 3.74. The first-order valence-electron chi connectivity index (χ1n) is 7.21. The van der Waals surface area contributed by atoms with Crippen LogP contribution in [0.2, 0.25) is 0 Å². The van der Waals surface area contributed by atoms with Gasteiger partial charge in [-0.3, -0.25) is 0 Å². The normalized spacial score (nSPS) is 10.6. The molecule has 0 saturated carbocycles. The lowest BCUT2D eigenvalue weighted by Crippen LogP contribution is -1.87. The van der Waals surface area contributed by atoms with E-state index < -0.39 is 0 Å². The van der Waals surface area contributed by atoms with Crippen LogP contribution in [0.3, 0.4) is 0 Å². The molecule has 0 atom stereocenters. The first-order chi connectivity index (χ1) is 10.8. The molecule has 0 bridgehead atoms. The lowest BCUT2D eigenvalue weighted by molar-refractivity contribution is 1.42. The Morgan fingerprint density at radius 3 is 1.82 bits per heavy atom. The Bertz CT molecular complexity index is 761. The number of hydrogen-bond donors (Lipinski definition) is 0. The van der Waals surface area contributed by atoms with Gasteiger partial charge in [0, 0.05) is 10.7 Å². The molecule has 0 aliphatic carbocycles. The highest BCUT2D eigenvalue weighted by Crippen LogP contribution is 2.32. The fourth-order valence-electron chi connectivity index (χ4n) is 2.58. The van der Waals surface area contributed by atoms with Crippen LogP contribution in [-0.4, -0.2) is 0 Å². The number of alkyl halides is 2. The van der Waals surface area contributed by atoms with Gasteiger partial charge in [0.05, 0.1) is 0 Å². The molecule has 0 amide bonds. The smallest absolute Gasteiger partial charge is 0.0283 e. The highest BCUT2D eigenvalue weighted by Gasteiger charge is 2.07. The van der Waals surface area contributed by atoms with E-state index in [4.69, 9.17) is 0 Å². The molecule has 0 nitrogen and oxygen atoms in total. The molecule has 0 radical (unpaired) electrons. The van der Waals surface area contributed by atoms with Crippen LogP contribution in [0.1, 0.15) is 11.1 Å². The third kappa shape index (κ3) is 3.34. The summed E-state index contributed by atoms with van der Waals surface area (Å²) in [4.78, 5) is 0. The van der Waals surface area contributed by atoms with E-state index in [-0.39, 0.29) is 0 Å². The van der Waals surface area contributed by atoms with Gasteiger partial charge in [0.2, 0.25) is 0 Å². The van der Waals surface area contributed by atoms with Crippen molar-refractivity contribution in [2.75, 3.05) is 0 Å². The SMILES string of the molecule is BrCc1ccc(-c2ccccc2-c2cccc(CBr)c2)cc1. The number of rotatable bonds is 4. The summed E-state index contributed by atoms with van der Waals surface area (Å²) in [5.74, 6) is 0. The van der Waals surface area contributed by atoms with E-state index in [1.54, 1.807) is 0 Å². The van der Waals surface area contributed by atoms with E-state index in [1.165, 1.54) is 33.4 Å². The van der Waals surface area contributed by atoms with Gasteiger partial charge in [0.1, 0.15) is 0 Å². The van der Waals surface area contributed by atoms with Crippen LogP contribution in [0.25, 0.3) is 22.3 Å². The molecule has 0 aliphatic heterocycles. The minimum Gasteiger partial charge on any atom is -0.0876 e. The second kappa shape index (κ2) is 7.26. The van der Waals surface area contributed by atoms with Gasteiger partial charge < -0.3 is 0 Å². The van der Waals surface area contributed by atoms with Crippen molar-refractivity contribution in [3.63, 3.8) is 0 Å². The Balaban J connectivity index is 2.09. The zero-order valence-corrected chi connectivity index (χ0v) is 15.3. The van der Waals surface area contributed by atoms with Crippen LogP contribution in [0.5, 0.6) is 0 Å². The maximum absolute atomic E-state index is 3.54. The van der Waals surface area contributed by atoms with Gasteiger partial charge in [-0.1, -0.05) is 105 Å². The molecule has 3 aromatic rings. The van der Waals surface area contributed by atoms with E-state index in [0.717, 1.165) is 10.7 Å². The lowest BCUT2D eigenvalue weighted by Gasteiger charge is -2.11. The minimum absolute atomic E-state index is 0.878. The minimum atomic E-state index is 0.878. The van der Waals surface area contributed by atoms with Crippen molar-refractivity contribution >= 4 is 31.9 Å². The average Bonchev–Trinajstić information content (AvgIpc) is 2.62. The molecule has 0 N–H and O–H groups in total. The zero-order valence-electron chi connectivity index (χ0n) is 12.1. The third-order valence-corrected chi connectivity index (χ3v) is 5.03. The standard InChI is InChI=1S/C20H16Br2/c21-13-15-8-10-17(11-9-15)19-6-1-2-7-20(19)18-5-3-4-16(12-18)14-22/h1-12H,13-14H2. The van der Waals surface area contributed by atoms with Gasteiger partial charge in [-0.15, -0.1) is 0 Å². The molecule has 0 unspecified atom stereocenters. The van der Waals surface area contributed by atoms with Crippen LogP contribution in [0.4, 0.5) is 0 Å². The predicted molar refractivity (Wildman–Crippen MR) is 103 cm³/mol. The predicted octanol–water partition coefficient (Wildman–Crippen LogP) is 6.81. The Morgan fingerprint density at radius 1 is 0.545 bits per heavy atom. The number of benzene rings is 3. The van der Waals surface area contributed by atoms with E-state index in [1.807, 2.05) is 0 Å². The van der Waals surface area contributed by atoms with Crippen LogP contribution in [-0.2, 0) is 10.7 Å². The monoisotopic (exact) mass is 414 g/mol. The van der Waals surface area contributed by atoms with Gasteiger partial charge in [0.15, 0.2) is 0 Å². The van der Waals surface area contributed by atoms with E-state index >= 15 is 0 Å².